The molecular formula is C21H21FN4O. The van der Waals surface area contributed by atoms with Gasteiger partial charge in [0.25, 0.3) is 5.91 Å². The van der Waals surface area contributed by atoms with Gasteiger partial charge in [-0.3, -0.25) is 4.79 Å². The van der Waals surface area contributed by atoms with Gasteiger partial charge in [0.1, 0.15) is 5.82 Å². The fraction of sp³-hybridized carbons (Fsp3) is 0.286. The Morgan fingerprint density at radius 1 is 1.15 bits per heavy atom. The number of aromatic nitrogens is 2. The van der Waals surface area contributed by atoms with Crippen LogP contribution in [0.1, 0.15) is 34.5 Å². The summed E-state index contributed by atoms with van der Waals surface area (Å²) in [5.41, 5.74) is 4.03. The van der Waals surface area contributed by atoms with Gasteiger partial charge >= 0.3 is 0 Å². The van der Waals surface area contributed by atoms with E-state index in [9.17, 15) is 9.18 Å². The summed E-state index contributed by atoms with van der Waals surface area (Å²) in [6.45, 7) is 5.30. The first kappa shape index (κ1) is 17.4. The lowest BCUT2D eigenvalue weighted by Crippen LogP contribution is -2.28. The molecule has 0 bridgehead atoms. The maximum atomic E-state index is 13.8. The Labute approximate surface area is 157 Å². The van der Waals surface area contributed by atoms with Crippen LogP contribution in [0.5, 0.6) is 0 Å². The third-order valence-corrected chi connectivity index (χ3v) is 4.95. The molecule has 1 saturated heterocycles. The lowest BCUT2D eigenvalue weighted by Gasteiger charge is -2.20. The van der Waals surface area contributed by atoms with Crippen LogP contribution in [0, 0.1) is 19.7 Å². The molecule has 1 aliphatic heterocycles. The SMILES string of the molecule is Cc1ccc2c(Nc3cc(F)ccc3C)c(C(=O)N3CCCC3)cnc2n1. The zero-order valence-electron chi connectivity index (χ0n) is 15.4. The van der Waals surface area contributed by atoms with E-state index in [0.717, 1.165) is 42.6 Å². The number of halogens is 1. The van der Waals surface area contributed by atoms with Crippen LogP contribution in [-0.4, -0.2) is 33.9 Å². The van der Waals surface area contributed by atoms with Gasteiger partial charge in [0.05, 0.1) is 11.3 Å². The van der Waals surface area contributed by atoms with Crippen LogP contribution in [0.25, 0.3) is 11.0 Å². The number of anilines is 2. The first-order chi connectivity index (χ1) is 13.0. The molecule has 1 fully saturated rings. The molecule has 0 unspecified atom stereocenters. The average molecular weight is 364 g/mol. The molecule has 3 aromatic rings. The molecule has 27 heavy (non-hydrogen) atoms. The Hall–Kier alpha value is -3.02. The molecule has 0 saturated carbocycles. The van der Waals surface area contributed by atoms with Crippen molar-refractivity contribution in [3.63, 3.8) is 0 Å². The quantitative estimate of drug-likeness (QED) is 0.750. The maximum absolute atomic E-state index is 13.8. The van der Waals surface area contributed by atoms with E-state index in [1.807, 2.05) is 30.9 Å². The van der Waals surface area contributed by atoms with Gasteiger partial charge in [-0.1, -0.05) is 6.07 Å². The topological polar surface area (TPSA) is 58.1 Å². The van der Waals surface area contributed by atoms with Gasteiger partial charge in [-0.05, 0) is 56.5 Å². The minimum Gasteiger partial charge on any atom is -0.354 e. The molecule has 1 aliphatic rings. The summed E-state index contributed by atoms with van der Waals surface area (Å²) in [6, 6.07) is 8.37. The van der Waals surface area contributed by atoms with Crippen molar-refractivity contribution in [2.24, 2.45) is 0 Å². The molecule has 5 nitrogen and oxygen atoms in total. The third kappa shape index (κ3) is 3.35. The molecule has 1 N–H and O–H groups in total. The number of nitrogens with zero attached hydrogens (tertiary/aromatic N) is 3. The van der Waals surface area contributed by atoms with Crippen molar-refractivity contribution in [1.82, 2.24) is 14.9 Å². The van der Waals surface area contributed by atoms with Crippen LogP contribution in [0.4, 0.5) is 15.8 Å². The number of hydrogen-bond acceptors (Lipinski definition) is 4. The van der Waals surface area contributed by atoms with Gasteiger partial charge in [-0.25, -0.2) is 14.4 Å². The number of fused-ring (bicyclic) bond motifs is 1. The van der Waals surface area contributed by atoms with E-state index >= 15 is 0 Å². The molecule has 0 radical (unpaired) electrons. The number of pyridine rings is 2. The van der Waals surface area contributed by atoms with Crippen molar-refractivity contribution in [3.8, 4) is 0 Å². The third-order valence-electron chi connectivity index (χ3n) is 4.95. The largest absolute Gasteiger partial charge is 0.354 e. The van der Waals surface area contributed by atoms with Gasteiger partial charge in [0.15, 0.2) is 5.65 Å². The van der Waals surface area contributed by atoms with Crippen LogP contribution in [0.3, 0.4) is 0 Å². The number of rotatable bonds is 3. The molecule has 0 spiro atoms. The second-order valence-corrected chi connectivity index (χ2v) is 6.95. The summed E-state index contributed by atoms with van der Waals surface area (Å²) in [7, 11) is 0. The number of amides is 1. The second kappa shape index (κ2) is 6.95. The van der Waals surface area contributed by atoms with Crippen LogP contribution in [-0.2, 0) is 0 Å². The van der Waals surface area contributed by atoms with Gasteiger partial charge < -0.3 is 10.2 Å². The van der Waals surface area contributed by atoms with Crippen molar-refractivity contribution in [1.29, 1.82) is 0 Å². The Balaban J connectivity index is 1.87. The molecule has 2 aromatic heterocycles. The van der Waals surface area contributed by atoms with Gasteiger partial charge in [-0.2, -0.15) is 0 Å². The van der Waals surface area contributed by atoms with Crippen molar-refractivity contribution < 1.29 is 9.18 Å². The molecule has 138 valence electrons. The molecule has 0 atom stereocenters. The highest BCUT2D eigenvalue weighted by molar-refractivity contribution is 6.07. The number of likely N-dealkylation sites (tertiary alicyclic amines) is 1. The van der Waals surface area contributed by atoms with E-state index in [2.05, 4.69) is 15.3 Å². The van der Waals surface area contributed by atoms with Crippen LogP contribution in [0.15, 0.2) is 36.5 Å². The number of benzene rings is 1. The predicted octanol–water partition coefficient (Wildman–Crippen LogP) is 4.37. The number of hydrogen-bond donors (Lipinski definition) is 1. The highest BCUT2D eigenvalue weighted by atomic mass is 19.1. The second-order valence-electron chi connectivity index (χ2n) is 6.95. The van der Waals surface area contributed by atoms with Gasteiger partial charge in [0, 0.05) is 36.1 Å². The maximum Gasteiger partial charge on any atom is 0.257 e. The summed E-state index contributed by atoms with van der Waals surface area (Å²) in [5, 5.41) is 4.03. The smallest absolute Gasteiger partial charge is 0.257 e. The number of carbonyl (C=O) groups excluding carboxylic acids is 1. The minimum absolute atomic E-state index is 0.0565. The number of carbonyl (C=O) groups is 1. The molecule has 1 amide bonds. The normalized spacial score (nSPS) is 14.0. The van der Waals surface area contributed by atoms with Crippen molar-refractivity contribution in [2.45, 2.75) is 26.7 Å². The van der Waals surface area contributed by atoms with E-state index < -0.39 is 0 Å². The van der Waals surface area contributed by atoms with E-state index in [0.29, 0.717) is 22.6 Å². The molecule has 6 heteroatoms. The Morgan fingerprint density at radius 2 is 1.93 bits per heavy atom. The Kier molecular flexibility index (Phi) is 4.48. The van der Waals surface area contributed by atoms with Crippen LogP contribution >= 0.6 is 0 Å². The first-order valence-electron chi connectivity index (χ1n) is 9.12. The van der Waals surface area contributed by atoms with E-state index in [4.69, 9.17) is 0 Å². The highest BCUT2D eigenvalue weighted by Crippen LogP contribution is 2.31. The fourth-order valence-electron chi connectivity index (χ4n) is 3.42. The monoisotopic (exact) mass is 364 g/mol. The molecule has 1 aromatic carbocycles. The summed E-state index contributed by atoms with van der Waals surface area (Å²) in [4.78, 5) is 23.8. The van der Waals surface area contributed by atoms with Crippen molar-refractivity contribution in [3.05, 3.63) is 59.2 Å². The molecule has 0 aliphatic carbocycles. The predicted molar refractivity (Wildman–Crippen MR) is 104 cm³/mol. The van der Waals surface area contributed by atoms with E-state index in [-0.39, 0.29) is 11.7 Å². The zero-order valence-corrected chi connectivity index (χ0v) is 15.4. The lowest BCUT2D eigenvalue weighted by molar-refractivity contribution is 0.0793. The van der Waals surface area contributed by atoms with Crippen LogP contribution < -0.4 is 5.32 Å². The van der Waals surface area contributed by atoms with Gasteiger partial charge in [0.2, 0.25) is 0 Å². The van der Waals surface area contributed by atoms with Crippen molar-refractivity contribution in [2.75, 3.05) is 18.4 Å². The molecular weight excluding hydrogens is 343 g/mol. The van der Waals surface area contributed by atoms with Crippen molar-refractivity contribution >= 4 is 28.3 Å². The first-order valence-corrected chi connectivity index (χ1v) is 9.12. The summed E-state index contributed by atoms with van der Waals surface area (Å²) in [6.07, 6.45) is 3.60. The lowest BCUT2D eigenvalue weighted by atomic mass is 10.1. The average Bonchev–Trinajstić information content (AvgIpc) is 3.19. The number of aryl methyl sites for hydroxylation is 2. The summed E-state index contributed by atoms with van der Waals surface area (Å²) < 4.78 is 13.8. The minimum atomic E-state index is -0.331. The van der Waals surface area contributed by atoms with E-state index in [1.165, 1.54) is 12.1 Å². The molecule has 3 heterocycles. The highest BCUT2D eigenvalue weighted by Gasteiger charge is 2.24. The number of nitrogens with one attached hydrogen (secondary N) is 1. The van der Waals surface area contributed by atoms with E-state index in [1.54, 1.807) is 12.3 Å². The Bertz CT molecular complexity index is 1030. The summed E-state index contributed by atoms with van der Waals surface area (Å²) >= 11 is 0. The fourth-order valence-corrected chi connectivity index (χ4v) is 3.42. The zero-order chi connectivity index (χ0) is 19.0. The Morgan fingerprint density at radius 3 is 2.70 bits per heavy atom. The molecule has 4 rings (SSSR count). The van der Waals surface area contributed by atoms with Gasteiger partial charge in [-0.15, -0.1) is 0 Å². The summed E-state index contributed by atoms with van der Waals surface area (Å²) in [5.74, 6) is -0.387. The standard InChI is InChI=1S/C21H21FN4O/c1-13-5-7-15(22)11-18(13)25-19-16-8-6-14(2)24-20(16)23-12-17(19)21(27)26-9-3-4-10-26/h5-8,11-12H,3-4,9-10H2,1-2H3,(H,23,24,25). The van der Waals surface area contributed by atoms with Crippen LogP contribution in [0.2, 0.25) is 0 Å².